The lowest BCUT2D eigenvalue weighted by Crippen LogP contribution is -2.48. The first-order valence-electron chi connectivity index (χ1n) is 8.05. The largest absolute Gasteiger partial charge is 0.379 e. The molecule has 24 heavy (non-hydrogen) atoms. The van der Waals surface area contributed by atoms with Gasteiger partial charge >= 0.3 is 0 Å². The Morgan fingerprint density at radius 1 is 1.21 bits per heavy atom. The number of amides is 2. The first-order valence-corrected chi connectivity index (χ1v) is 8.43. The molecule has 2 N–H and O–H groups in total. The minimum atomic E-state index is -1.19. The quantitative estimate of drug-likeness (QED) is 0.764. The smallest absolute Gasteiger partial charge is 0.239 e. The second kappa shape index (κ2) is 8.46. The summed E-state index contributed by atoms with van der Waals surface area (Å²) in [5, 5.41) is 5.99. The normalized spacial score (nSPS) is 15.8. The Hall–Kier alpha value is -1.63. The van der Waals surface area contributed by atoms with E-state index in [1.54, 1.807) is 38.1 Å². The summed E-state index contributed by atoms with van der Waals surface area (Å²) in [5.41, 5.74) is -0.692. The summed E-state index contributed by atoms with van der Waals surface area (Å²) in [5.74, 6) is -0.695. The number of nitrogens with one attached hydrogen (secondary N) is 2. The van der Waals surface area contributed by atoms with Crippen LogP contribution in [0.3, 0.4) is 0 Å². The van der Waals surface area contributed by atoms with E-state index in [9.17, 15) is 9.59 Å². The number of nitrogens with zero attached hydrogens (tertiary/aromatic N) is 1. The van der Waals surface area contributed by atoms with Crippen LogP contribution < -0.4 is 10.6 Å². The Bertz CT molecular complexity index is 586. The monoisotopic (exact) mass is 353 g/mol. The Balaban J connectivity index is 1.84. The maximum absolute atomic E-state index is 12.4. The van der Waals surface area contributed by atoms with E-state index in [1.165, 1.54) is 0 Å². The molecule has 2 rings (SSSR count). The van der Waals surface area contributed by atoms with Gasteiger partial charge in [0.25, 0.3) is 0 Å². The van der Waals surface area contributed by atoms with E-state index in [0.29, 0.717) is 17.3 Å². The van der Waals surface area contributed by atoms with Gasteiger partial charge in [0.1, 0.15) is 5.41 Å². The number of benzene rings is 1. The molecule has 0 atom stereocenters. The van der Waals surface area contributed by atoms with Crippen molar-refractivity contribution in [2.24, 2.45) is 5.41 Å². The van der Waals surface area contributed by atoms with Crippen LogP contribution in [-0.2, 0) is 14.3 Å². The number of para-hydroxylation sites is 1. The lowest BCUT2D eigenvalue weighted by Gasteiger charge is -2.27. The lowest BCUT2D eigenvalue weighted by molar-refractivity contribution is -0.138. The Kier molecular flexibility index (Phi) is 6.60. The molecular formula is C17H24ClN3O3. The second-order valence-corrected chi connectivity index (χ2v) is 6.68. The summed E-state index contributed by atoms with van der Waals surface area (Å²) < 4.78 is 5.29. The number of hydrogen-bond donors (Lipinski definition) is 2. The molecule has 1 heterocycles. The average molecular weight is 354 g/mol. The van der Waals surface area contributed by atoms with E-state index >= 15 is 0 Å². The average Bonchev–Trinajstić information content (AvgIpc) is 2.57. The number of hydrogen-bond acceptors (Lipinski definition) is 4. The fraction of sp³-hybridized carbons (Fsp3) is 0.529. The second-order valence-electron chi connectivity index (χ2n) is 6.27. The lowest BCUT2D eigenvalue weighted by atomic mass is 9.91. The van der Waals surface area contributed by atoms with Crippen LogP contribution in [0.2, 0.25) is 5.02 Å². The van der Waals surface area contributed by atoms with Gasteiger partial charge in [-0.05, 0) is 26.0 Å². The fourth-order valence-corrected chi connectivity index (χ4v) is 2.50. The maximum Gasteiger partial charge on any atom is 0.239 e. The van der Waals surface area contributed by atoms with E-state index < -0.39 is 5.41 Å². The number of ether oxygens (including phenoxy) is 1. The highest BCUT2D eigenvalue weighted by Crippen LogP contribution is 2.24. The molecule has 1 aliphatic rings. The molecule has 0 unspecified atom stereocenters. The molecule has 0 spiro atoms. The van der Waals surface area contributed by atoms with Crippen molar-refractivity contribution >= 4 is 29.1 Å². The van der Waals surface area contributed by atoms with Gasteiger partial charge in [-0.2, -0.15) is 0 Å². The standard InChI is InChI=1S/C17H24ClN3O3/c1-17(2,16(23)20-14-6-4-3-5-13(14)18)15(22)19-7-8-21-9-11-24-12-10-21/h3-6H,7-12H2,1-2H3,(H,19,22)(H,20,23). The van der Waals surface area contributed by atoms with Crippen molar-refractivity contribution in [1.82, 2.24) is 10.2 Å². The molecule has 7 heteroatoms. The summed E-state index contributed by atoms with van der Waals surface area (Å²) in [6.45, 7) is 7.63. The Morgan fingerprint density at radius 2 is 1.88 bits per heavy atom. The van der Waals surface area contributed by atoms with Crippen LogP contribution in [0.5, 0.6) is 0 Å². The van der Waals surface area contributed by atoms with Crippen molar-refractivity contribution in [3.05, 3.63) is 29.3 Å². The summed E-state index contributed by atoms with van der Waals surface area (Å²) >= 11 is 6.04. The molecule has 1 saturated heterocycles. The Labute approximate surface area is 147 Å². The van der Waals surface area contributed by atoms with Crippen molar-refractivity contribution in [3.63, 3.8) is 0 Å². The van der Waals surface area contributed by atoms with Gasteiger partial charge in [0, 0.05) is 26.2 Å². The summed E-state index contributed by atoms with van der Waals surface area (Å²) in [7, 11) is 0. The molecule has 0 radical (unpaired) electrons. The van der Waals surface area contributed by atoms with E-state index in [0.717, 1.165) is 32.8 Å². The molecule has 0 bridgehead atoms. The fourth-order valence-electron chi connectivity index (χ4n) is 2.32. The molecule has 0 saturated carbocycles. The van der Waals surface area contributed by atoms with E-state index in [4.69, 9.17) is 16.3 Å². The predicted octanol–water partition coefficient (Wildman–Crippen LogP) is 1.75. The van der Waals surface area contributed by atoms with Gasteiger partial charge in [-0.25, -0.2) is 0 Å². The zero-order chi connectivity index (χ0) is 17.6. The number of halogens is 1. The van der Waals surface area contributed by atoms with Crippen LogP contribution in [0.15, 0.2) is 24.3 Å². The first kappa shape index (κ1) is 18.7. The van der Waals surface area contributed by atoms with Crippen LogP contribution in [0.4, 0.5) is 5.69 Å². The van der Waals surface area contributed by atoms with Crippen LogP contribution in [0.1, 0.15) is 13.8 Å². The Morgan fingerprint density at radius 3 is 2.54 bits per heavy atom. The van der Waals surface area contributed by atoms with Crippen LogP contribution in [-0.4, -0.2) is 56.1 Å². The number of morpholine rings is 1. The van der Waals surface area contributed by atoms with E-state index in [1.807, 2.05) is 0 Å². The third kappa shape index (κ3) is 4.93. The molecule has 1 aromatic rings. The molecule has 2 amide bonds. The van der Waals surface area contributed by atoms with Crippen molar-refractivity contribution in [1.29, 1.82) is 0 Å². The molecule has 132 valence electrons. The molecule has 1 aromatic carbocycles. The van der Waals surface area contributed by atoms with E-state index in [2.05, 4.69) is 15.5 Å². The van der Waals surface area contributed by atoms with Crippen LogP contribution >= 0.6 is 11.6 Å². The van der Waals surface area contributed by atoms with Crippen molar-refractivity contribution in [2.75, 3.05) is 44.7 Å². The number of rotatable bonds is 6. The highest BCUT2D eigenvalue weighted by atomic mass is 35.5. The van der Waals surface area contributed by atoms with Gasteiger partial charge < -0.3 is 15.4 Å². The maximum atomic E-state index is 12.4. The third-order valence-corrected chi connectivity index (χ3v) is 4.40. The summed E-state index contributed by atoms with van der Waals surface area (Å²) in [4.78, 5) is 27.0. The summed E-state index contributed by atoms with van der Waals surface area (Å²) in [6.07, 6.45) is 0. The van der Waals surface area contributed by atoms with Gasteiger partial charge in [0.05, 0.1) is 23.9 Å². The van der Waals surface area contributed by atoms with Crippen molar-refractivity contribution in [2.45, 2.75) is 13.8 Å². The zero-order valence-electron chi connectivity index (χ0n) is 14.1. The van der Waals surface area contributed by atoms with Crippen molar-refractivity contribution in [3.8, 4) is 0 Å². The topological polar surface area (TPSA) is 70.7 Å². The van der Waals surface area contributed by atoms with Gasteiger partial charge in [0.2, 0.25) is 11.8 Å². The van der Waals surface area contributed by atoms with E-state index in [-0.39, 0.29) is 11.8 Å². The van der Waals surface area contributed by atoms with Gasteiger partial charge in [-0.3, -0.25) is 14.5 Å². The molecule has 1 aliphatic heterocycles. The highest BCUT2D eigenvalue weighted by molar-refractivity contribution is 6.33. The molecule has 0 aliphatic carbocycles. The predicted molar refractivity (Wildman–Crippen MR) is 94.1 cm³/mol. The summed E-state index contributed by atoms with van der Waals surface area (Å²) in [6, 6.07) is 6.94. The SMILES string of the molecule is CC(C)(C(=O)NCCN1CCOCC1)C(=O)Nc1ccccc1Cl. The number of anilines is 1. The minimum Gasteiger partial charge on any atom is -0.379 e. The van der Waals surface area contributed by atoms with Crippen LogP contribution in [0, 0.1) is 5.41 Å². The first-order chi connectivity index (χ1) is 11.4. The zero-order valence-corrected chi connectivity index (χ0v) is 14.9. The third-order valence-electron chi connectivity index (χ3n) is 4.07. The number of carbonyl (C=O) groups excluding carboxylic acids is 2. The number of carbonyl (C=O) groups is 2. The molecular weight excluding hydrogens is 330 g/mol. The van der Waals surface area contributed by atoms with Gasteiger partial charge in [-0.15, -0.1) is 0 Å². The highest BCUT2D eigenvalue weighted by Gasteiger charge is 2.36. The minimum absolute atomic E-state index is 0.305. The molecule has 6 nitrogen and oxygen atoms in total. The molecule has 0 aromatic heterocycles. The van der Waals surface area contributed by atoms with Crippen molar-refractivity contribution < 1.29 is 14.3 Å². The van der Waals surface area contributed by atoms with Gasteiger partial charge in [0.15, 0.2) is 0 Å². The molecule has 1 fully saturated rings. The van der Waals surface area contributed by atoms with Gasteiger partial charge in [-0.1, -0.05) is 23.7 Å². The van der Waals surface area contributed by atoms with Crippen LogP contribution in [0.25, 0.3) is 0 Å².